The number of nitrogens with one attached hydrogen (secondary N) is 1. The van der Waals surface area contributed by atoms with Gasteiger partial charge in [0, 0.05) is 18.5 Å². The third kappa shape index (κ3) is 2.01. The maximum absolute atomic E-state index is 13.0. The van der Waals surface area contributed by atoms with Crippen LogP contribution in [0.2, 0.25) is 0 Å². The number of aromatic amines is 1. The molecular weight excluding hydrogens is 328 g/mol. The minimum atomic E-state index is -0.209. The minimum absolute atomic E-state index is 0.127. The zero-order chi connectivity index (χ0) is 18.1. The molecule has 26 heavy (non-hydrogen) atoms. The van der Waals surface area contributed by atoms with Crippen LogP contribution in [0.4, 0.5) is 0 Å². The highest BCUT2D eigenvalue weighted by molar-refractivity contribution is 5.70. The Morgan fingerprint density at radius 2 is 1.69 bits per heavy atom. The second kappa shape index (κ2) is 5.57. The van der Waals surface area contributed by atoms with Crippen LogP contribution >= 0.6 is 0 Å². The lowest BCUT2D eigenvalue weighted by Gasteiger charge is -2.30. The predicted molar refractivity (Wildman–Crippen MR) is 100 cm³/mol. The van der Waals surface area contributed by atoms with E-state index < -0.39 is 0 Å². The molecule has 0 amide bonds. The first kappa shape index (κ1) is 16.3. The van der Waals surface area contributed by atoms with Crippen LogP contribution < -0.4 is 11.2 Å². The van der Waals surface area contributed by atoms with Gasteiger partial charge in [0.05, 0.1) is 0 Å². The van der Waals surface area contributed by atoms with E-state index in [2.05, 4.69) is 11.9 Å². The Balaban J connectivity index is 1.73. The molecule has 140 valence electrons. The van der Waals surface area contributed by atoms with Crippen molar-refractivity contribution in [3.8, 4) is 0 Å². The van der Waals surface area contributed by atoms with Gasteiger partial charge in [-0.3, -0.25) is 13.9 Å². The number of aryl methyl sites for hydroxylation is 1. The van der Waals surface area contributed by atoms with E-state index in [4.69, 9.17) is 4.98 Å². The zero-order valence-corrected chi connectivity index (χ0v) is 15.8. The summed E-state index contributed by atoms with van der Waals surface area (Å²) < 4.78 is 3.10. The van der Waals surface area contributed by atoms with Crippen molar-refractivity contribution in [3.05, 3.63) is 26.7 Å². The summed E-state index contributed by atoms with van der Waals surface area (Å²) in [5, 5.41) is 0. The standard InChI is InChI=1S/C20H28N4O2/c1-3-5-23-16-15(17(25)24(6-4-2)19(23)26)21-18(22-16)20-10-12-7-13(11-20)9-14(20)8-12/h12-14H,3-11H2,1-2H3,(H,21,22)/t12-,13+,14?,20?. The van der Waals surface area contributed by atoms with Gasteiger partial charge in [0.2, 0.25) is 0 Å². The molecule has 1 N–H and O–H groups in total. The SMILES string of the molecule is CCCn1c(=O)c2[nH]c(C34C[C@@H]5CC3C[C@@H](C5)C4)nc2n(CCC)c1=O. The van der Waals surface area contributed by atoms with E-state index in [1.54, 1.807) is 4.57 Å². The van der Waals surface area contributed by atoms with Crippen molar-refractivity contribution < 1.29 is 0 Å². The molecule has 0 saturated heterocycles. The van der Waals surface area contributed by atoms with Crippen LogP contribution in [0.1, 0.15) is 64.6 Å². The van der Waals surface area contributed by atoms with E-state index in [1.807, 2.05) is 6.92 Å². The number of hydrogen-bond donors (Lipinski definition) is 1. The Morgan fingerprint density at radius 1 is 1.04 bits per heavy atom. The summed E-state index contributed by atoms with van der Waals surface area (Å²) in [4.78, 5) is 34.2. The van der Waals surface area contributed by atoms with Crippen molar-refractivity contribution in [1.82, 2.24) is 19.1 Å². The topological polar surface area (TPSA) is 72.7 Å². The number of imidazole rings is 1. The van der Waals surface area contributed by atoms with Gasteiger partial charge in [-0.15, -0.1) is 0 Å². The molecule has 4 aliphatic rings. The molecule has 0 radical (unpaired) electrons. The smallest absolute Gasteiger partial charge is 0.332 e. The molecule has 6 heteroatoms. The highest BCUT2D eigenvalue weighted by atomic mass is 16.2. The molecule has 4 saturated carbocycles. The minimum Gasteiger partial charge on any atom is -0.336 e. The van der Waals surface area contributed by atoms with E-state index in [0.29, 0.717) is 30.2 Å². The third-order valence-corrected chi connectivity index (χ3v) is 7.22. The van der Waals surface area contributed by atoms with Crippen molar-refractivity contribution in [2.75, 3.05) is 0 Å². The van der Waals surface area contributed by atoms with Crippen molar-refractivity contribution in [1.29, 1.82) is 0 Å². The maximum Gasteiger partial charge on any atom is 0.332 e. The average Bonchev–Trinajstić information content (AvgIpc) is 3.24. The summed E-state index contributed by atoms with van der Waals surface area (Å²) in [5.74, 6) is 3.35. The predicted octanol–water partition coefficient (Wildman–Crippen LogP) is 2.78. The molecule has 4 atom stereocenters. The Hall–Kier alpha value is -1.85. The second-order valence-electron chi connectivity index (χ2n) is 8.88. The van der Waals surface area contributed by atoms with E-state index in [-0.39, 0.29) is 16.7 Å². The molecule has 2 aromatic heterocycles. The van der Waals surface area contributed by atoms with Crippen LogP contribution in [0, 0.1) is 17.8 Å². The Kier molecular flexibility index (Phi) is 3.50. The van der Waals surface area contributed by atoms with Crippen LogP contribution in [0.5, 0.6) is 0 Å². The fraction of sp³-hybridized carbons (Fsp3) is 0.750. The van der Waals surface area contributed by atoms with E-state index >= 15 is 0 Å². The van der Waals surface area contributed by atoms with Crippen molar-refractivity contribution in [2.24, 2.45) is 17.8 Å². The van der Waals surface area contributed by atoms with Gasteiger partial charge < -0.3 is 4.98 Å². The summed E-state index contributed by atoms with van der Waals surface area (Å²) in [6, 6.07) is 0. The van der Waals surface area contributed by atoms with Gasteiger partial charge >= 0.3 is 5.69 Å². The van der Waals surface area contributed by atoms with Gasteiger partial charge in [0.25, 0.3) is 5.56 Å². The van der Waals surface area contributed by atoms with Crippen LogP contribution in [-0.2, 0) is 18.5 Å². The lowest BCUT2D eigenvalue weighted by Crippen LogP contribution is -2.40. The van der Waals surface area contributed by atoms with Gasteiger partial charge in [-0.05, 0) is 62.7 Å². The molecule has 6 nitrogen and oxygen atoms in total. The van der Waals surface area contributed by atoms with Gasteiger partial charge in [0.1, 0.15) is 11.3 Å². The fourth-order valence-electron chi connectivity index (χ4n) is 6.43. The number of aromatic nitrogens is 4. The summed E-state index contributed by atoms with van der Waals surface area (Å²) in [6.07, 6.45) is 8.03. The molecule has 4 bridgehead atoms. The molecule has 0 spiro atoms. The lowest BCUT2D eigenvalue weighted by molar-refractivity contribution is 0.262. The zero-order valence-electron chi connectivity index (χ0n) is 15.8. The van der Waals surface area contributed by atoms with Crippen molar-refractivity contribution in [2.45, 2.75) is 77.3 Å². The van der Waals surface area contributed by atoms with Crippen LogP contribution in [-0.4, -0.2) is 19.1 Å². The van der Waals surface area contributed by atoms with Gasteiger partial charge in [0.15, 0.2) is 5.65 Å². The highest BCUT2D eigenvalue weighted by Crippen LogP contribution is 2.65. The normalized spacial score (nSPS) is 32.2. The summed E-state index contributed by atoms with van der Waals surface area (Å²) in [7, 11) is 0. The first-order valence-corrected chi connectivity index (χ1v) is 10.3. The number of H-pyrrole nitrogens is 1. The average molecular weight is 356 g/mol. The van der Waals surface area contributed by atoms with E-state index in [0.717, 1.165) is 30.5 Å². The molecular formula is C20H28N4O2. The highest BCUT2D eigenvalue weighted by Gasteiger charge is 2.59. The van der Waals surface area contributed by atoms with Gasteiger partial charge in [-0.2, -0.15) is 0 Å². The molecule has 4 aliphatic carbocycles. The monoisotopic (exact) mass is 356 g/mol. The number of fused-ring (bicyclic) bond motifs is 1. The number of hydrogen-bond acceptors (Lipinski definition) is 3. The van der Waals surface area contributed by atoms with Gasteiger partial charge in [-0.25, -0.2) is 9.78 Å². The first-order valence-electron chi connectivity index (χ1n) is 10.3. The fourth-order valence-corrected chi connectivity index (χ4v) is 6.43. The van der Waals surface area contributed by atoms with Crippen molar-refractivity contribution in [3.63, 3.8) is 0 Å². The number of rotatable bonds is 5. The Bertz CT molecular complexity index is 968. The van der Waals surface area contributed by atoms with Crippen LogP contribution in [0.25, 0.3) is 11.2 Å². The lowest BCUT2D eigenvalue weighted by atomic mass is 9.75. The molecule has 2 unspecified atom stereocenters. The van der Waals surface area contributed by atoms with E-state index in [9.17, 15) is 9.59 Å². The first-order chi connectivity index (χ1) is 12.6. The summed E-state index contributed by atoms with van der Waals surface area (Å²) >= 11 is 0. The third-order valence-electron chi connectivity index (χ3n) is 7.22. The second-order valence-corrected chi connectivity index (χ2v) is 8.88. The van der Waals surface area contributed by atoms with Crippen molar-refractivity contribution >= 4 is 11.2 Å². The molecule has 4 fully saturated rings. The molecule has 0 aromatic carbocycles. The molecule has 0 aliphatic heterocycles. The largest absolute Gasteiger partial charge is 0.336 e. The summed E-state index contributed by atoms with van der Waals surface area (Å²) in [5.41, 5.74) is 0.819. The van der Waals surface area contributed by atoms with Crippen LogP contribution in [0.15, 0.2) is 9.59 Å². The molecule has 2 aromatic rings. The molecule has 6 rings (SSSR count). The Morgan fingerprint density at radius 3 is 2.35 bits per heavy atom. The number of nitrogens with zero attached hydrogens (tertiary/aromatic N) is 3. The van der Waals surface area contributed by atoms with E-state index in [1.165, 1.54) is 36.7 Å². The van der Waals surface area contributed by atoms with Gasteiger partial charge in [-0.1, -0.05) is 13.8 Å². The molecule has 2 heterocycles. The Labute approximate surface area is 152 Å². The van der Waals surface area contributed by atoms with Crippen LogP contribution in [0.3, 0.4) is 0 Å². The quantitative estimate of drug-likeness (QED) is 0.895. The summed E-state index contributed by atoms with van der Waals surface area (Å²) in [6.45, 7) is 5.11. The maximum atomic E-state index is 13.0.